The van der Waals surface area contributed by atoms with Crippen molar-refractivity contribution < 1.29 is 17.9 Å². The lowest BCUT2D eigenvalue weighted by molar-refractivity contribution is -0.122. The molecule has 1 amide bonds. The van der Waals surface area contributed by atoms with Crippen molar-refractivity contribution in [1.29, 1.82) is 0 Å². The summed E-state index contributed by atoms with van der Waals surface area (Å²) in [5.74, 6) is 0.142. The first kappa shape index (κ1) is 27.7. The largest absolute Gasteiger partial charge is 0.383 e. The first-order valence-corrected chi connectivity index (χ1v) is 15.4. The van der Waals surface area contributed by atoms with Crippen LogP contribution in [-0.4, -0.2) is 71.0 Å². The third-order valence-corrected chi connectivity index (χ3v) is 10.0. The summed E-state index contributed by atoms with van der Waals surface area (Å²) in [4.78, 5) is 15.4. The van der Waals surface area contributed by atoms with Gasteiger partial charge in [0.2, 0.25) is 10.0 Å². The number of thiocarbonyl (C=S) groups is 1. The number of thioether (sulfide) groups is 1. The van der Waals surface area contributed by atoms with Gasteiger partial charge in [-0.25, -0.2) is 13.1 Å². The standard InChI is InChI=1S/C28H30N4O4S3/c1-20-8-7-13-30(18-20)39(34,35)24-12-6-9-21(16-24)26-22(19-32(29-26)23-10-4-3-5-11-23)17-25-27(33)31(14-15-36-2)28(37)38-25/h3-6,9-12,16-17,19-20H,7-8,13-15,18H2,1-2H3/b25-17-. The minimum absolute atomic E-state index is 0.184. The van der Waals surface area contributed by atoms with Crippen LogP contribution in [0.4, 0.5) is 0 Å². The number of sulfonamides is 1. The van der Waals surface area contributed by atoms with Crippen molar-refractivity contribution in [3.05, 3.63) is 71.3 Å². The Labute approximate surface area is 238 Å². The second-order valence-electron chi connectivity index (χ2n) is 9.68. The lowest BCUT2D eigenvalue weighted by Crippen LogP contribution is -2.39. The molecule has 2 aromatic carbocycles. The van der Waals surface area contributed by atoms with Gasteiger partial charge in [0.05, 0.1) is 28.6 Å². The number of piperidine rings is 1. The first-order valence-electron chi connectivity index (χ1n) is 12.8. The van der Waals surface area contributed by atoms with E-state index in [-0.39, 0.29) is 10.8 Å². The zero-order chi connectivity index (χ0) is 27.6. The van der Waals surface area contributed by atoms with Crippen LogP contribution in [0.25, 0.3) is 23.0 Å². The minimum Gasteiger partial charge on any atom is -0.383 e. The number of nitrogens with zero attached hydrogens (tertiary/aromatic N) is 4. The maximum Gasteiger partial charge on any atom is 0.266 e. The molecule has 0 bridgehead atoms. The number of para-hydroxylation sites is 1. The Balaban J connectivity index is 1.56. The summed E-state index contributed by atoms with van der Waals surface area (Å²) in [5, 5.41) is 4.83. The molecule has 1 unspecified atom stereocenters. The number of carbonyl (C=O) groups excluding carboxylic acids is 1. The number of methoxy groups -OCH3 is 1. The molecule has 39 heavy (non-hydrogen) atoms. The van der Waals surface area contributed by atoms with Crippen molar-refractivity contribution in [1.82, 2.24) is 19.0 Å². The third-order valence-electron chi connectivity index (χ3n) is 6.81. The molecule has 3 heterocycles. The van der Waals surface area contributed by atoms with Gasteiger partial charge in [-0.3, -0.25) is 9.69 Å². The van der Waals surface area contributed by atoms with E-state index in [4.69, 9.17) is 22.1 Å². The molecule has 2 saturated heterocycles. The Bertz CT molecular complexity index is 1520. The Kier molecular flexibility index (Phi) is 8.34. The molecule has 2 aliphatic heterocycles. The second kappa shape index (κ2) is 11.7. The molecule has 3 aromatic rings. The fraction of sp³-hybridized carbons (Fsp3) is 0.321. The Morgan fingerprint density at radius 1 is 1.18 bits per heavy atom. The molecule has 5 rings (SSSR count). The lowest BCUT2D eigenvalue weighted by Gasteiger charge is -2.30. The highest BCUT2D eigenvalue weighted by Crippen LogP contribution is 2.35. The van der Waals surface area contributed by atoms with Crippen molar-refractivity contribution in [2.45, 2.75) is 24.7 Å². The summed E-state index contributed by atoms with van der Waals surface area (Å²) >= 11 is 6.68. The molecule has 0 aliphatic carbocycles. The first-order chi connectivity index (χ1) is 18.8. The van der Waals surface area contributed by atoms with E-state index in [0.717, 1.165) is 18.5 Å². The van der Waals surface area contributed by atoms with Crippen LogP contribution < -0.4 is 0 Å². The Morgan fingerprint density at radius 2 is 1.97 bits per heavy atom. The summed E-state index contributed by atoms with van der Waals surface area (Å²) in [6, 6.07) is 16.5. The highest BCUT2D eigenvalue weighted by atomic mass is 32.2. The van der Waals surface area contributed by atoms with E-state index in [9.17, 15) is 13.2 Å². The van der Waals surface area contributed by atoms with Crippen LogP contribution in [0.15, 0.2) is 70.6 Å². The normalized spacial score (nSPS) is 19.8. The highest BCUT2D eigenvalue weighted by molar-refractivity contribution is 8.26. The fourth-order valence-corrected chi connectivity index (χ4v) is 7.71. The van der Waals surface area contributed by atoms with Crippen molar-refractivity contribution in [2.24, 2.45) is 5.92 Å². The van der Waals surface area contributed by atoms with E-state index in [1.807, 2.05) is 42.6 Å². The quantitative estimate of drug-likeness (QED) is 0.279. The lowest BCUT2D eigenvalue weighted by atomic mass is 10.0. The molecule has 204 valence electrons. The van der Waals surface area contributed by atoms with Crippen LogP contribution in [0.1, 0.15) is 25.3 Å². The molecule has 0 saturated carbocycles. The zero-order valence-electron chi connectivity index (χ0n) is 21.8. The van der Waals surface area contributed by atoms with Crippen molar-refractivity contribution >= 4 is 50.3 Å². The Hall–Kier alpha value is -2.83. The number of benzene rings is 2. The molecular weight excluding hydrogens is 553 g/mol. The number of hydrogen-bond donors (Lipinski definition) is 0. The molecule has 0 N–H and O–H groups in total. The maximum absolute atomic E-state index is 13.5. The van der Waals surface area contributed by atoms with Gasteiger partial charge in [0.25, 0.3) is 5.91 Å². The Morgan fingerprint density at radius 3 is 2.72 bits per heavy atom. The van der Waals surface area contributed by atoms with Crippen LogP contribution in [0.3, 0.4) is 0 Å². The monoisotopic (exact) mass is 582 g/mol. The zero-order valence-corrected chi connectivity index (χ0v) is 24.3. The third kappa shape index (κ3) is 5.87. The molecule has 11 heteroatoms. The van der Waals surface area contributed by atoms with Crippen LogP contribution >= 0.6 is 24.0 Å². The summed E-state index contributed by atoms with van der Waals surface area (Å²) in [6.07, 6.45) is 5.51. The number of ether oxygens (including phenoxy) is 1. The van der Waals surface area contributed by atoms with Crippen LogP contribution in [0.5, 0.6) is 0 Å². The van der Waals surface area contributed by atoms with Gasteiger partial charge in [0.15, 0.2) is 0 Å². The summed E-state index contributed by atoms with van der Waals surface area (Å²) < 4.78 is 36.0. The molecule has 0 spiro atoms. The predicted octanol–water partition coefficient (Wildman–Crippen LogP) is 4.81. The average molecular weight is 583 g/mol. The van der Waals surface area contributed by atoms with Crippen molar-refractivity contribution in [2.75, 3.05) is 33.4 Å². The van der Waals surface area contributed by atoms with Gasteiger partial charge in [-0.05, 0) is 49.1 Å². The summed E-state index contributed by atoms with van der Waals surface area (Å²) in [5.41, 5.74) is 2.76. The molecule has 8 nitrogen and oxygen atoms in total. The number of amides is 1. The SMILES string of the molecule is COCCN1C(=O)/C(=C/c2cn(-c3ccccc3)nc2-c2cccc(S(=O)(=O)N3CCCC(C)C3)c2)SC1=S. The number of carbonyl (C=O) groups is 1. The van der Waals surface area contributed by atoms with Crippen molar-refractivity contribution in [3.63, 3.8) is 0 Å². The molecular formula is C28H30N4O4S3. The van der Waals surface area contributed by atoms with E-state index in [1.54, 1.807) is 40.4 Å². The highest BCUT2D eigenvalue weighted by Gasteiger charge is 2.32. The number of rotatable bonds is 8. The van der Waals surface area contributed by atoms with Crippen LogP contribution in [0, 0.1) is 5.92 Å². The molecule has 2 fully saturated rings. The molecule has 1 aromatic heterocycles. The molecule has 2 aliphatic rings. The number of aromatic nitrogens is 2. The van der Waals surface area contributed by atoms with Gasteiger partial charge in [-0.15, -0.1) is 0 Å². The van der Waals surface area contributed by atoms with Crippen LogP contribution in [-0.2, 0) is 19.6 Å². The van der Waals surface area contributed by atoms with E-state index >= 15 is 0 Å². The van der Waals surface area contributed by atoms with Gasteiger partial charge in [-0.1, -0.05) is 61.2 Å². The molecule has 0 radical (unpaired) electrons. The van der Waals surface area contributed by atoms with Gasteiger partial charge in [-0.2, -0.15) is 9.40 Å². The van der Waals surface area contributed by atoms with Gasteiger partial charge < -0.3 is 4.74 Å². The van der Waals surface area contributed by atoms with Gasteiger partial charge >= 0.3 is 0 Å². The number of hydrogen-bond acceptors (Lipinski definition) is 7. The van der Waals surface area contributed by atoms with Gasteiger partial charge in [0, 0.05) is 37.5 Å². The average Bonchev–Trinajstić information content (AvgIpc) is 3.48. The smallest absolute Gasteiger partial charge is 0.266 e. The minimum atomic E-state index is -3.65. The van der Waals surface area contributed by atoms with Crippen LogP contribution in [0.2, 0.25) is 0 Å². The van der Waals surface area contributed by atoms with E-state index in [0.29, 0.717) is 58.2 Å². The second-order valence-corrected chi connectivity index (χ2v) is 13.3. The predicted molar refractivity (Wildman–Crippen MR) is 158 cm³/mol. The van der Waals surface area contributed by atoms with Crippen molar-refractivity contribution in [3.8, 4) is 16.9 Å². The van der Waals surface area contributed by atoms with E-state index < -0.39 is 10.0 Å². The van der Waals surface area contributed by atoms with Gasteiger partial charge in [0.1, 0.15) is 10.0 Å². The van der Waals surface area contributed by atoms with E-state index in [2.05, 4.69) is 6.92 Å². The van der Waals surface area contributed by atoms with E-state index in [1.165, 1.54) is 16.7 Å². The molecule has 1 atom stereocenters. The summed E-state index contributed by atoms with van der Waals surface area (Å²) in [6.45, 7) is 3.89. The fourth-order valence-electron chi connectivity index (χ4n) is 4.76. The summed E-state index contributed by atoms with van der Waals surface area (Å²) in [7, 11) is -2.07. The maximum atomic E-state index is 13.5. The topological polar surface area (TPSA) is 84.7 Å².